The van der Waals surface area contributed by atoms with Gasteiger partial charge < -0.3 is 4.42 Å². The lowest BCUT2D eigenvalue weighted by molar-refractivity contribution is 0.527. The molecule has 0 amide bonds. The molecule has 1 N–H and O–H groups in total. The predicted octanol–water partition coefficient (Wildman–Crippen LogP) is 1.92. The van der Waals surface area contributed by atoms with Crippen molar-refractivity contribution in [3.05, 3.63) is 64.1 Å². The zero-order valence-corrected chi connectivity index (χ0v) is 13.6. The van der Waals surface area contributed by atoms with E-state index >= 15 is 0 Å². The Morgan fingerprint density at radius 1 is 1.13 bits per heavy atom. The fraction of sp³-hybridized carbons (Fsp3) is 0.188. The molecule has 0 saturated carbocycles. The standard InChI is InChI=1S/C16H16N2O4S/c1-11-3-6-13(7-4-11)23(20,21)17-10-12-5-8-14-15(9-12)22-16(19)18(14)2/h3-9,17H,10H2,1-2H3. The summed E-state index contributed by atoms with van der Waals surface area (Å²) in [5, 5.41) is 0. The third-order valence-corrected chi connectivity index (χ3v) is 5.07. The van der Waals surface area contributed by atoms with Gasteiger partial charge in [0.25, 0.3) is 0 Å². The molecule has 0 atom stereocenters. The van der Waals surface area contributed by atoms with Crippen LogP contribution in [0.5, 0.6) is 0 Å². The van der Waals surface area contributed by atoms with Crippen LogP contribution in [0.2, 0.25) is 0 Å². The van der Waals surface area contributed by atoms with E-state index in [9.17, 15) is 13.2 Å². The summed E-state index contributed by atoms with van der Waals surface area (Å²) in [6.07, 6.45) is 0. The van der Waals surface area contributed by atoms with Crippen LogP contribution in [0.4, 0.5) is 0 Å². The normalized spacial score (nSPS) is 11.9. The zero-order valence-electron chi connectivity index (χ0n) is 12.7. The van der Waals surface area contributed by atoms with E-state index in [1.807, 2.05) is 6.92 Å². The fourth-order valence-corrected chi connectivity index (χ4v) is 3.29. The molecule has 3 aromatic rings. The van der Waals surface area contributed by atoms with Crippen molar-refractivity contribution in [2.45, 2.75) is 18.4 Å². The lowest BCUT2D eigenvalue weighted by atomic mass is 10.2. The molecule has 6 nitrogen and oxygen atoms in total. The molecule has 7 heteroatoms. The van der Waals surface area contributed by atoms with Gasteiger partial charge in [0.1, 0.15) is 0 Å². The maximum atomic E-state index is 12.2. The molecule has 1 heterocycles. The second-order valence-corrected chi connectivity index (χ2v) is 7.13. The van der Waals surface area contributed by atoms with Crippen LogP contribution in [-0.4, -0.2) is 13.0 Å². The van der Waals surface area contributed by atoms with Gasteiger partial charge in [-0.25, -0.2) is 17.9 Å². The first-order valence-electron chi connectivity index (χ1n) is 7.01. The molecular formula is C16H16N2O4S. The highest BCUT2D eigenvalue weighted by atomic mass is 32.2. The van der Waals surface area contributed by atoms with Gasteiger partial charge in [0, 0.05) is 13.6 Å². The highest BCUT2D eigenvalue weighted by Gasteiger charge is 2.14. The first kappa shape index (κ1) is 15.5. The smallest absolute Gasteiger partial charge is 0.408 e. The molecule has 0 aliphatic heterocycles. The number of hydrogen-bond acceptors (Lipinski definition) is 4. The molecule has 0 radical (unpaired) electrons. The number of sulfonamides is 1. The number of fused-ring (bicyclic) bond motifs is 1. The van der Waals surface area contributed by atoms with Gasteiger partial charge in [-0.3, -0.25) is 4.57 Å². The number of nitrogens with one attached hydrogen (secondary N) is 1. The van der Waals surface area contributed by atoms with E-state index in [4.69, 9.17) is 4.42 Å². The second kappa shape index (κ2) is 5.68. The number of oxazole rings is 1. The number of nitrogens with zero attached hydrogens (tertiary/aromatic N) is 1. The summed E-state index contributed by atoms with van der Waals surface area (Å²) in [5.74, 6) is -0.447. The average Bonchev–Trinajstić information content (AvgIpc) is 2.80. The molecule has 0 bridgehead atoms. The summed E-state index contributed by atoms with van der Waals surface area (Å²) in [4.78, 5) is 11.7. The molecule has 0 fully saturated rings. The van der Waals surface area contributed by atoms with Crippen molar-refractivity contribution in [1.82, 2.24) is 9.29 Å². The number of aryl methyl sites for hydroxylation is 2. The Labute approximate surface area is 133 Å². The fourth-order valence-electron chi connectivity index (χ4n) is 2.27. The maximum absolute atomic E-state index is 12.2. The summed E-state index contributed by atoms with van der Waals surface area (Å²) in [7, 11) is -1.96. The third-order valence-electron chi connectivity index (χ3n) is 3.65. The summed E-state index contributed by atoms with van der Waals surface area (Å²) in [6.45, 7) is 2.01. The molecule has 0 unspecified atom stereocenters. The van der Waals surface area contributed by atoms with Crippen molar-refractivity contribution >= 4 is 21.1 Å². The average molecular weight is 332 g/mol. The number of hydrogen-bond donors (Lipinski definition) is 1. The second-order valence-electron chi connectivity index (χ2n) is 5.37. The molecule has 1 aromatic heterocycles. The van der Waals surface area contributed by atoms with Gasteiger partial charge in [-0.1, -0.05) is 23.8 Å². The van der Waals surface area contributed by atoms with E-state index in [0.717, 1.165) is 5.56 Å². The van der Waals surface area contributed by atoms with Crippen molar-refractivity contribution in [1.29, 1.82) is 0 Å². The Bertz CT molecular complexity index is 1010. The zero-order chi connectivity index (χ0) is 16.6. The third kappa shape index (κ3) is 3.06. The lowest BCUT2D eigenvalue weighted by Crippen LogP contribution is -2.23. The van der Waals surface area contributed by atoms with Crippen LogP contribution in [0.25, 0.3) is 11.1 Å². The molecule has 0 spiro atoms. The van der Waals surface area contributed by atoms with Crippen LogP contribution in [-0.2, 0) is 23.6 Å². The number of aromatic nitrogens is 1. The van der Waals surface area contributed by atoms with E-state index < -0.39 is 15.8 Å². The topological polar surface area (TPSA) is 81.3 Å². The Hall–Kier alpha value is -2.38. The van der Waals surface area contributed by atoms with Crippen molar-refractivity contribution in [3.8, 4) is 0 Å². The summed E-state index contributed by atoms with van der Waals surface area (Å²) >= 11 is 0. The summed E-state index contributed by atoms with van der Waals surface area (Å²) in [5.41, 5.74) is 2.81. The van der Waals surface area contributed by atoms with Crippen molar-refractivity contribution in [2.24, 2.45) is 7.05 Å². The molecule has 3 rings (SSSR count). The monoisotopic (exact) mass is 332 g/mol. The predicted molar refractivity (Wildman–Crippen MR) is 86.7 cm³/mol. The minimum atomic E-state index is -3.58. The van der Waals surface area contributed by atoms with E-state index in [1.54, 1.807) is 49.5 Å². The van der Waals surface area contributed by atoms with Crippen LogP contribution in [0.15, 0.2) is 56.6 Å². The summed E-state index contributed by atoms with van der Waals surface area (Å²) in [6, 6.07) is 11.8. The molecular weight excluding hydrogens is 316 g/mol. The Kier molecular flexibility index (Phi) is 3.83. The van der Waals surface area contributed by atoms with Gasteiger partial charge in [-0.05, 0) is 36.8 Å². The van der Waals surface area contributed by atoms with E-state index in [1.165, 1.54) is 4.57 Å². The van der Waals surface area contributed by atoms with Crippen LogP contribution >= 0.6 is 0 Å². The van der Waals surface area contributed by atoms with Gasteiger partial charge in [0.2, 0.25) is 10.0 Å². The number of rotatable bonds is 4. The minimum Gasteiger partial charge on any atom is -0.408 e. The van der Waals surface area contributed by atoms with E-state index in [0.29, 0.717) is 16.7 Å². The highest BCUT2D eigenvalue weighted by molar-refractivity contribution is 7.89. The van der Waals surface area contributed by atoms with Crippen LogP contribution in [0.3, 0.4) is 0 Å². The van der Waals surface area contributed by atoms with Crippen LogP contribution < -0.4 is 10.5 Å². The van der Waals surface area contributed by atoms with Gasteiger partial charge in [-0.2, -0.15) is 0 Å². The molecule has 0 aliphatic rings. The quantitative estimate of drug-likeness (QED) is 0.791. The summed E-state index contributed by atoms with van der Waals surface area (Å²) < 4.78 is 33.5. The Balaban J connectivity index is 1.82. The van der Waals surface area contributed by atoms with E-state index in [-0.39, 0.29) is 11.4 Å². The van der Waals surface area contributed by atoms with Crippen LogP contribution in [0.1, 0.15) is 11.1 Å². The molecule has 0 saturated heterocycles. The largest absolute Gasteiger partial charge is 0.419 e. The van der Waals surface area contributed by atoms with E-state index in [2.05, 4.69) is 4.72 Å². The minimum absolute atomic E-state index is 0.116. The highest BCUT2D eigenvalue weighted by Crippen LogP contribution is 2.15. The molecule has 23 heavy (non-hydrogen) atoms. The van der Waals surface area contributed by atoms with Gasteiger partial charge >= 0.3 is 5.76 Å². The van der Waals surface area contributed by atoms with Crippen molar-refractivity contribution in [3.63, 3.8) is 0 Å². The van der Waals surface area contributed by atoms with Gasteiger partial charge in [0.15, 0.2) is 5.58 Å². The first-order valence-corrected chi connectivity index (χ1v) is 8.50. The maximum Gasteiger partial charge on any atom is 0.419 e. The van der Waals surface area contributed by atoms with Crippen molar-refractivity contribution < 1.29 is 12.8 Å². The van der Waals surface area contributed by atoms with Gasteiger partial charge in [-0.15, -0.1) is 0 Å². The SMILES string of the molecule is Cc1ccc(S(=O)(=O)NCc2ccc3c(c2)oc(=O)n3C)cc1. The van der Waals surface area contributed by atoms with Crippen LogP contribution in [0, 0.1) is 6.92 Å². The van der Waals surface area contributed by atoms with Gasteiger partial charge in [0.05, 0.1) is 10.4 Å². The molecule has 2 aromatic carbocycles. The first-order chi connectivity index (χ1) is 10.9. The Morgan fingerprint density at radius 2 is 1.83 bits per heavy atom. The molecule has 120 valence electrons. The number of benzene rings is 2. The van der Waals surface area contributed by atoms with Crippen molar-refractivity contribution in [2.75, 3.05) is 0 Å². The molecule has 0 aliphatic carbocycles. The lowest BCUT2D eigenvalue weighted by Gasteiger charge is -2.07. The Morgan fingerprint density at radius 3 is 2.52 bits per heavy atom.